The highest BCUT2D eigenvalue weighted by atomic mass is 32.1. The summed E-state index contributed by atoms with van der Waals surface area (Å²) in [5.74, 6) is -0.771. The number of benzene rings is 1. The number of carbonyl (C=O) groups is 1. The minimum Gasteiger partial charge on any atom is -0.320 e. The standard InChI is InChI=1S/C25H22FN7OS/c26-17-5-6-22-29-21(15-33(22)14-17)23(34)30-19-4-2-1-3-18(19)24-31-20-11-16(12-28-25(20)35-24)13-32-9-7-27-8-10-32/h1-6,11-12,14-15,27H,7-10,13H2,(H,30,34). The fourth-order valence-electron chi connectivity index (χ4n) is 4.23. The molecule has 2 N–H and O–H groups in total. The molecule has 1 fully saturated rings. The molecule has 35 heavy (non-hydrogen) atoms. The minimum absolute atomic E-state index is 0.203. The Hall–Kier alpha value is -3.73. The molecule has 5 aromatic rings. The number of imidazole rings is 1. The molecule has 176 valence electrons. The zero-order valence-electron chi connectivity index (χ0n) is 18.7. The van der Waals surface area contributed by atoms with Gasteiger partial charge in [0.1, 0.15) is 32.5 Å². The molecule has 0 bridgehead atoms. The van der Waals surface area contributed by atoms with Gasteiger partial charge < -0.3 is 15.0 Å². The molecule has 0 radical (unpaired) electrons. The van der Waals surface area contributed by atoms with Crippen LogP contribution in [0.25, 0.3) is 26.6 Å². The van der Waals surface area contributed by atoms with Crippen LogP contribution >= 0.6 is 11.3 Å². The van der Waals surface area contributed by atoms with E-state index in [1.807, 2.05) is 30.5 Å². The molecule has 1 aromatic carbocycles. The van der Waals surface area contributed by atoms with E-state index in [0.29, 0.717) is 11.3 Å². The highest BCUT2D eigenvalue weighted by Gasteiger charge is 2.17. The van der Waals surface area contributed by atoms with E-state index in [-0.39, 0.29) is 11.6 Å². The van der Waals surface area contributed by atoms with E-state index in [0.717, 1.165) is 59.2 Å². The first-order valence-electron chi connectivity index (χ1n) is 11.4. The van der Waals surface area contributed by atoms with E-state index >= 15 is 0 Å². The summed E-state index contributed by atoms with van der Waals surface area (Å²) < 4.78 is 15.0. The molecule has 1 amide bonds. The number of piperazine rings is 1. The number of anilines is 1. The summed E-state index contributed by atoms with van der Waals surface area (Å²) in [6, 6.07) is 12.5. The number of aromatic nitrogens is 4. The van der Waals surface area contributed by atoms with Crippen LogP contribution in [0.4, 0.5) is 10.1 Å². The quantitative estimate of drug-likeness (QED) is 0.392. The highest BCUT2D eigenvalue weighted by molar-refractivity contribution is 7.21. The molecule has 0 spiro atoms. The molecule has 0 unspecified atom stereocenters. The van der Waals surface area contributed by atoms with Crippen molar-refractivity contribution in [3.8, 4) is 10.6 Å². The van der Waals surface area contributed by atoms with Crippen molar-refractivity contribution in [3.63, 3.8) is 0 Å². The molecule has 4 aromatic heterocycles. The second-order valence-corrected chi connectivity index (χ2v) is 9.43. The number of pyridine rings is 2. The summed E-state index contributed by atoms with van der Waals surface area (Å²) in [5.41, 5.74) is 4.12. The van der Waals surface area contributed by atoms with E-state index in [4.69, 9.17) is 4.98 Å². The van der Waals surface area contributed by atoms with E-state index in [2.05, 4.69) is 31.6 Å². The Kier molecular flexibility index (Phi) is 5.69. The van der Waals surface area contributed by atoms with Crippen LogP contribution in [0.1, 0.15) is 16.1 Å². The summed E-state index contributed by atoms with van der Waals surface area (Å²) in [6.07, 6.45) is 4.72. The van der Waals surface area contributed by atoms with Crippen LogP contribution in [0.3, 0.4) is 0 Å². The number of halogens is 1. The molecule has 0 saturated carbocycles. The van der Waals surface area contributed by atoms with Crippen molar-refractivity contribution in [2.24, 2.45) is 0 Å². The number of hydrogen-bond acceptors (Lipinski definition) is 7. The number of thiazole rings is 1. The van der Waals surface area contributed by atoms with Crippen LogP contribution in [0.15, 0.2) is 61.1 Å². The van der Waals surface area contributed by atoms with Gasteiger partial charge in [-0.1, -0.05) is 23.5 Å². The van der Waals surface area contributed by atoms with Gasteiger partial charge in [-0.25, -0.2) is 19.3 Å². The lowest BCUT2D eigenvalue weighted by molar-refractivity contribution is 0.102. The van der Waals surface area contributed by atoms with E-state index in [1.54, 1.807) is 0 Å². The first-order valence-corrected chi connectivity index (χ1v) is 12.2. The van der Waals surface area contributed by atoms with Gasteiger partial charge in [-0.3, -0.25) is 9.69 Å². The van der Waals surface area contributed by atoms with Gasteiger partial charge >= 0.3 is 0 Å². The SMILES string of the molecule is O=C(Nc1ccccc1-c1nc2cc(CN3CCNCC3)cnc2s1)c1cn2cc(F)ccc2n1. The molecular formula is C25H22FN7OS. The van der Waals surface area contributed by atoms with Crippen molar-refractivity contribution in [2.75, 3.05) is 31.5 Å². The van der Waals surface area contributed by atoms with Crippen molar-refractivity contribution in [3.05, 3.63) is 78.1 Å². The molecule has 6 rings (SSSR count). The summed E-state index contributed by atoms with van der Waals surface area (Å²) in [4.78, 5) is 30.0. The van der Waals surface area contributed by atoms with Crippen molar-refractivity contribution in [1.29, 1.82) is 0 Å². The highest BCUT2D eigenvalue weighted by Crippen LogP contribution is 2.34. The molecule has 1 aliphatic rings. The largest absolute Gasteiger partial charge is 0.320 e. The van der Waals surface area contributed by atoms with Crippen molar-refractivity contribution in [1.82, 2.24) is 29.6 Å². The number of nitrogens with zero attached hydrogens (tertiary/aromatic N) is 5. The number of nitrogens with one attached hydrogen (secondary N) is 2. The number of rotatable bonds is 5. The third kappa shape index (κ3) is 4.51. The van der Waals surface area contributed by atoms with Gasteiger partial charge in [0.25, 0.3) is 5.91 Å². The Morgan fingerprint density at radius 1 is 1.11 bits per heavy atom. The number of amides is 1. The molecule has 8 nitrogen and oxygen atoms in total. The Balaban J connectivity index is 1.26. The van der Waals surface area contributed by atoms with Crippen LogP contribution in [0, 0.1) is 5.82 Å². The fourth-order valence-corrected chi connectivity index (χ4v) is 5.16. The summed E-state index contributed by atoms with van der Waals surface area (Å²) in [5, 5.41) is 7.09. The first-order chi connectivity index (χ1) is 17.1. The van der Waals surface area contributed by atoms with Gasteiger partial charge in [-0.2, -0.15) is 0 Å². The number of fused-ring (bicyclic) bond motifs is 2. The topological polar surface area (TPSA) is 87.5 Å². The number of para-hydroxylation sites is 1. The van der Waals surface area contributed by atoms with Crippen molar-refractivity contribution in [2.45, 2.75) is 6.54 Å². The van der Waals surface area contributed by atoms with Crippen LogP contribution in [0.2, 0.25) is 0 Å². The summed E-state index contributed by atoms with van der Waals surface area (Å²) in [7, 11) is 0. The van der Waals surface area contributed by atoms with E-state index in [1.165, 1.54) is 40.3 Å². The first kappa shape index (κ1) is 21.8. The molecule has 5 heterocycles. The average Bonchev–Trinajstić information content (AvgIpc) is 3.48. The van der Waals surface area contributed by atoms with Crippen LogP contribution in [-0.2, 0) is 6.54 Å². The van der Waals surface area contributed by atoms with Crippen molar-refractivity contribution >= 4 is 38.9 Å². The molecule has 0 aliphatic carbocycles. The van der Waals surface area contributed by atoms with Gasteiger partial charge in [0.2, 0.25) is 0 Å². The maximum absolute atomic E-state index is 13.5. The van der Waals surface area contributed by atoms with Gasteiger partial charge in [-0.05, 0) is 35.9 Å². The lowest BCUT2D eigenvalue weighted by Crippen LogP contribution is -2.42. The van der Waals surface area contributed by atoms with Crippen molar-refractivity contribution < 1.29 is 9.18 Å². The molecule has 0 atom stereocenters. The monoisotopic (exact) mass is 487 g/mol. The minimum atomic E-state index is -0.396. The van der Waals surface area contributed by atoms with Gasteiger partial charge in [-0.15, -0.1) is 0 Å². The molecule has 1 saturated heterocycles. The predicted octanol–water partition coefficient (Wildman–Crippen LogP) is 3.80. The Morgan fingerprint density at radius 3 is 2.86 bits per heavy atom. The molecule has 10 heteroatoms. The van der Waals surface area contributed by atoms with Gasteiger partial charge in [0.05, 0.1) is 5.69 Å². The molecule has 1 aliphatic heterocycles. The van der Waals surface area contributed by atoms with Crippen LogP contribution in [-0.4, -0.2) is 56.3 Å². The second kappa shape index (κ2) is 9.14. The maximum Gasteiger partial charge on any atom is 0.275 e. The van der Waals surface area contributed by atoms with E-state index < -0.39 is 5.82 Å². The average molecular weight is 488 g/mol. The molecular weight excluding hydrogens is 465 g/mol. The zero-order chi connectivity index (χ0) is 23.8. The second-order valence-electron chi connectivity index (χ2n) is 8.45. The van der Waals surface area contributed by atoms with Gasteiger partial charge in [0.15, 0.2) is 0 Å². The van der Waals surface area contributed by atoms with Crippen LogP contribution in [0.5, 0.6) is 0 Å². The third-order valence-corrected chi connectivity index (χ3v) is 6.99. The summed E-state index contributed by atoms with van der Waals surface area (Å²) in [6.45, 7) is 4.91. The Bertz CT molecular complexity index is 1540. The normalized spacial score (nSPS) is 14.5. The lowest BCUT2D eigenvalue weighted by Gasteiger charge is -2.26. The van der Waals surface area contributed by atoms with Crippen LogP contribution < -0.4 is 10.6 Å². The van der Waals surface area contributed by atoms with E-state index in [9.17, 15) is 9.18 Å². The Labute approximate surface area is 204 Å². The summed E-state index contributed by atoms with van der Waals surface area (Å²) >= 11 is 1.49. The predicted molar refractivity (Wildman–Crippen MR) is 134 cm³/mol. The lowest BCUT2D eigenvalue weighted by atomic mass is 10.2. The number of hydrogen-bond donors (Lipinski definition) is 2. The smallest absolute Gasteiger partial charge is 0.275 e. The number of carbonyl (C=O) groups excluding carboxylic acids is 1. The third-order valence-electron chi connectivity index (χ3n) is 5.97. The Morgan fingerprint density at radius 2 is 1.97 bits per heavy atom. The fraction of sp³-hybridized carbons (Fsp3) is 0.200. The maximum atomic E-state index is 13.5. The van der Waals surface area contributed by atoms with Gasteiger partial charge in [0, 0.05) is 56.9 Å². The zero-order valence-corrected chi connectivity index (χ0v) is 19.6.